The van der Waals surface area contributed by atoms with Crippen molar-refractivity contribution in [2.45, 2.75) is 18.5 Å². The Labute approximate surface area is 211 Å². The van der Waals surface area contributed by atoms with Gasteiger partial charge in [-0.1, -0.05) is 11.6 Å². The van der Waals surface area contributed by atoms with Gasteiger partial charge < -0.3 is 15.0 Å². The van der Waals surface area contributed by atoms with E-state index in [9.17, 15) is 9.18 Å². The number of ether oxygens (including phenoxy) is 1. The number of aromatic nitrogens is 3. The molecule has 2 atom stereocenters. The molecular formula is C26H22ClFN6O2. The van der Waals surface area contributed by atoms with E-state index in [2.05, 4.69) is 32.4 Å². The number of benzene rings is 2. The van der Waals surface area contributed by atoms with Crippen LogP contribution in [0.25, 0.3) is 22.2 Å². The van der Waals surface area contributed by atoms with Gasteiger partial charge in [-0.25, -0.2) is 9.18 Å². The van der Waals surface area contributed by atoms with Crippen molar-refractivity contribution in [3.63, 3.8) is 0 Å². The fraction of sp³-hybridized carbons (Fsp3) is 0.231. The summed E-state index contributed by atoms with van der Waals surface area (Å²) in [5.41, 5.74) is 2.67. The number of likely N-dealkylation sites (N-methyl/N-ethyl adjacent to an activating group) is 1. The molecule has 4 heterocycles. The average Bonchev–Trinajstić information content (AvgIpc) is 3.45. The number of nitrogens with one attached hydrogen (secondary N) is 1. The van der Waals surface area contributed by atoms with Crippen LogP contribution in [-0.4, -0.2) is 63.3 Å². The Morgan fingerprint density at radius 2 is 2.03 bits per heavy atom. The molecule has 2 aliphatic rings. The third-order valence-electron chi connectivity index (χ3n) is 6.81. The molecular weight excluding hydrogens is 483 g/mol. The first-order valence-electron chi connectivity index (χ1n) is 11.6. The maximum absolute atomic E-state index is 14.3. The summed E-state index contributed by atoms with van der Waals surface area (Å²) in [6.07, 6.45) is 3.88. The summed E-state index contributed by atoms with van der Waals surface area (Å²) in [5.74, 6) is 0.00800. The van der Waals surface area contributed by atoms with Gasteiger partial charge in [-0.15, -0.1) is 0 Å². The first kappa shape index (κ1) is 22.6. The summed E-state index contributed by atoms with van der Waals surface area (Å²) in [4.78, 5) is 21.3. The first-order valence-corrected chi connectivity index (χ1v) is 11.9. The molecule has 10 heteroatoms. The highest BCUT2D eigenvalue weighted by atomic mass is 35.5. The molecule has 0 radical (unpaired) electrons. The molecule has 0 aliphatic carbocycles. The Bertz CT molecular complexity index is 1480. The number of anilines is 2. The summed E-state index contributed by atoms with van der Waals surface area (Å²) in [7, 11) is 2.09. The molecule has 8 nitrogen and oxygen atoms in total. The van der Waals surface area contributed by atoms with Crippen LogP contribution in [0.3, 0.4) is 0 Å². The van der Waals surface area contributed by atoms with Crippen LogP contribution < -0.4 is 10.1 Å². The summed E-state index contributed by atoms with van der Waals surface area (Å²) >= 11 is 6.03. The number of amides is 1. The molecule has 2 fully saturated rings. The smallest absolute Gasteiger partial charge is 0.410 e. The first-order chi connectivity index (χ1) is 17.4. The highest BCUT2D eigenvalue weighted by Gasteiger charge is 2.44. The lowest BCUT2D eigenvalue weighted by molar-refractivity contribution is 0.118. The molecule has 4 aromatic rings. The predicted octanol–water partition coefficient (Wildman–Crippen LogP) is 5.12. The van der Waals surface area contributed by atoms with Gasteiger partial charge in [0.05, 0.1) is 23.1 Å². The highest BCUT2D eigenvalue weighted by Crippen LogP contribution is 2.32. The van der Waals surface area contributed by atoms with Gasteiger partial charge in [0.1, 0.15) is 11.6 Å². The van der Waals surface area contributed by atoms with Crippen LogP contribution in [0, 0.1) is 5.82 Å². The van der Waals surface area contributed by atoms with Crippen LogP contribution in [0.5, 0.6) is 5.75 Å². The van der Waals surface area contributed by atoms with Crippen LogP contribution in [0.15, 0.2) is 60.9 Å². The van der Waals surface area contributed by atoms with Gasteiger partial charge in [0.2, 0.25) is 0 Å². The summed E-state index contributed by atoms with van der Waals surface area (Å²) in [6, 6.07) is 13.8. The molecule has 2 aromatic heterocycles. The maximum Gasteiger partial charge on any atom is 0.415 e. The van der Waals surface area contributed by atoms with E-state index < -0.39 is 5.82 Å². The number of fused-ring (bicyclic) bond motifs is 3. The normalized spacial score (nSPS) is 19.1. The lowest BCUT2D eigenvalue weighted by Gasteiger charge is -2.31. The summed E-state index contributed by atoms with van der Waals surface area (Å²) in [5, 5.41) is 12.6. The molecule has 0 unspecified atom stereocenters. The molecule has 2 bridgehead atoms. The van der Waals surface area contributed by atoms with Crippen molar-refractivity contribution in [3.8, 4) is 17.0 Å². The number of carbonyl (C=O) groups excluding carboxylic acids is 1. The highest BCUT2D eigenvalue weighted by molar-refractivity contribution is 6.30. The maximum atomic E-state index is 14.3. The van der Waals surface area contributed by atoms with Gasteiger partial charge in [0, 0.05) is 59.1 Å². The second-order valence-electron chi connectivity index (χ2n) is 9.12. The van der Waals surface area contributed by atoms with Crippen molar-refractivity contribution in [1.82, 2.24) is 25.0 Å². The third kappa shape index (κ3) is 4.20. The van der Waals surface area contributed by atoms with Gasteiger partial charge in [0.25, 0.3) is 0 Å². The summed E-state index contributed by atoms with van der Waals surface area (Å²) < 4.78 is 20.0. The predicted molar refractivity (Wildman–Crippen MR) is 135 cm³/mol. The van der Waals surface area contributed by atoms with E-state index in [0.717, 1.165) is 24.0 Å². The number of piperazine rings is 1. The van der Waals surface area contributed by atoms with E-state index >= 15 is 0 Å². The van der Waals surface area contributed by atoms with E-state index in [-0.39, 0.29) is 17.7 Å². The van der Waals surface area contributed by atoms with Gasteiger partial charge in [-0.3, -0.25) is 9.88 Å². The van der Waals surface area contributed by atoms with E-state index in [4.69, 9.17) is 16.3 Å². The van der Waals surface area contributed by atoms with E-state index in [1.165, 1.54) is 18.2 Å². The Hall–Kier alpha value is -3.82. The monoisotopic (exact) mass is 504 g/mol. The minimum atomic E-state index is -0.434. The van der Waals surface area contributed by atoms with Gasteiger partial charge in [-0.05, 0) is 55.9 Å². The van der Waals surface area contributed by atoms with Crippen LogP contribution in [0.2, 0.25) is 5.02 Å². The van der Waals surface area contributed by atoms with Crippen LogP contribution in [-0.2, 0) is 0 Å². The number of nitrogens with zero attached hydrogens (tertiary/aromatic N) is 5. The molecule has 2 saturated heterocycles. The number of hydrogen-bond donors (Lipinski definition) is 1. The fourth-order valence-corrected chi connectivity index (χ4v) is 5.14. The average molecular weight is 505 g/mol. The molecule has 36 heavy (non-hydrogen) atoms. The van der Waals surface area contributed by atoms with Crippen molar-refractivity contribution in [1.29, 1.82) is 0 Å². The molecule has 2 aliphatic heterocycles. The van der Waals surface area contributed by atoms with Crippen LogP contribution >= 0.6 is 11.6 Å². The molecule has 0 saturated carbocycles. The number of halogens is 2. The van der Waals surface area contributed by atoms with Crippen LogP contribution in [0.4, 0.5) is 20.6 Å². The minimum absolute atomic E-state index is 0.209. The second-order valence-corrected chi connectivity index (χ2v) is 9.56. The number of hydrogen-bond acceptors (Lipinski definition) is 7. The lowest BCUT2D eigenvalue weighted by atomic mass is 10.1. The lowest BCUT2D eigenvalue weighted by Crippen LogP contribution is -2.48. The molecule has 6 rings (SSSR count). The number of rotatable bonds is 4. The fourth-order valence-electron chi connectivity index (χ4n) is 4.97. The van der Waals surface area contributed by atoms with Crippen LogP contribution in [0.1, 0.15) is 6.42 Å². The zero-order valence-electron chi connectivity index (χ0n) is 19.4. The minimum Gasteiger partial charge on any atom is -0.410 e. The number of carbonyl (C=O) groups is 1. The zero-order chi connectivity index (χ0) is 24.8. The Morgan fingerprint density at radius 3 is 2.83 bits per heavy atom. The number of pyridine rings is 1. The van der Waals surface area contributed by atoms with Gasteiger partial charge in [0.15, 0.2) is 0 Å². The van der Waals surface area contributed by atoms with Crippen molar-refractivity contribution in [2.75, 3.05) is 25.5 Å². The van der Waals surface area contributed by atoms with Crippen molar-refractivity contribution < 1.29 is 13.9 Å². The largest absolute Gasteiger partial charge is 0.415 e. The molecule has 182 valence electrons. The molecule has 0 spiro atoms. The quantitative estimate of drug-likeness (QED) is 0.413. The second kappa shape index (κ2) is 9.00. The SMILES string of the molecule is CN1C[C@H]2C[C@@H]1CN2C(=O)Oc1ccc2c(Nc3cnnc(-c4cc(Cl)ccc4F)c3)ccnc2c1. The molecule has 1 amide bonds. The van der Waals surface area contributed by atoms with E-state index in [1.54, 1.807) is 30.6 Å². The van der Waals surface area contributed by atoms with Gasteiger partial charge in [-0.2, -0.15) is 10.2 Å². The van der Waals surface area contributed by atoms with E-state index in [0.29, 0.717) is 40.3 Å². The zero-order valence-corrected chi connectivity index (χ0v) is 20.1. The Balaban J connectivity index is 1.22. The molecule has 2 aromatic carbocycles. The third-order valence-corrected chi connectivity index (χ3v) is 7.04. The molecule has 1 N–H and O–H groups in total. The summed E-state index contributed by atoms with van der Waals surface area (Å²) in [6.45, 7) is 1.57. The topological polar surface area (TPSA) is 83.5 Å². The van der Waals surface area contributed by atoms with E-state index in [1.807, 2.05) is 17.0 Å². The Morgan fingerprint density at radius 1 is 1.14 bits per heavy atom. The van der Waals surface area contributed by atoms with Gasteiger partial charge >= 0.3 is 6.09 Å². The van der Waals surface area contributed by atoms with Crippen molar-refractivity contribution in [2.24, 2.45) is 0 Å². The van der Waals surface area contributed by atoms with Crippen molar-refractivity contribution >= 4 is 40.0 Å². The number of likely N-dealkylation sites (tertiary alicyclic amines) is 2. The standard InChI is InChI=1S/C26H22ClFN6O2/c1-33-13-18-10-17(33)14-34(18)26(35)36-19-3-4-20-23(6-7-29-24(20)11-19)31-16-9-25(32-30-12-16)21-8-15(27)2-5-22(21)28/h2-9,11-12,17-18H,10,13-14H2,1H3,(H,29,31,32)/t17-,18-/m1/s1. The van der Waals surface area contributed by atoms with Crippen molar-refractivity contribution in [3.05, 3.63) is 71.8 Å². The Kier molecular flexibility index (Phi) is 5.66.